The standard InChI is InChI=1S/C25H43N5O10/c1-11(31)28-9-14-6-7-16(29-12(2)32)23(38-14)39-20-15(26)8-17(30-13(3)33)21(18(20)34)40-24-19(35)22(27-5)25(4,36)10-37-24/h6,15-24,27,34-36H,7-10,26H2,1-5H3,(H,28,31)(H,29,32)(H,30,33)/t15-,16+,17+,18-,19+,20+,21-,22+,23+,24+,25-/m0/s1. The summed E-state index contributed by atoms with van der Waals surface area (Å²) >= 11 is 0. The molecule has 3 aliphatic rings. The Morgan fingerprint density at radius 1 is 1.02 bits per heavy atom. The maximum atomic E-state index is 12.0. The fourth-order valence-corrected chi connectivity index (χ4v) is 5.36. The lowest BCUT2D eigenvalue weighted by atomic mass is 9.83. The highest BCUT2D eigenvalue weighted by Crippen LogP contribution is 2.32. The molecule has 0 spiro atoms. The number of hydrogen-bond donors (Lipinski definition) is 8. The molecule has 0 unspecified atom stereocenters. The van der Waals surface area contributed by atoms with Crippen LogP contribution in [0.2, 0.25) is 0 Å². The maximum Gasteiger partial charge on any atom is 0.220 e. The molecular weight excluding hydrogens is 530 g/mol. The third kappa shape index (κ3) is 7.88. The lowest BCUT2D eigenvalue weighted by molar-refractivity contribution is -0.304. The molecule has 15 heteroatoms. The van der Waals surface area contributed by atoms with Gasteiger partial charge in [-0.2, -0.15) is 0 Å². The summed E-state index contributed by atoms with van der Waals surface area (Å²) in [5.41, 5.74) is 5.02. The van der Waals surface area contributed by atoms with Crippen LogP contribution in [0.4, 0.5) is 0 Å². The summed E-state index contributed by atoms with van der Waals surface area (Å²) in [7, 11) is 1.58. The first kappa shape index (κ1) is 32.1. The second-order valence-electron chi connectivity index (χ2n) is 10.8. The molecule has 1 saturated heterocycles. The Kier molecular flexibility index (Phi) is 10.9. The Balaban J connectivity index is 1.81. The van der Waals surface area contributed by atoms with Crippen LogP contribution in [0.25, 0.3) is 0 Å². The molecular formula is C25H43N5O10. The van der Waals surface area contributed by atoms with Gasteiger partial charge >= 0.3 is 0 Å². The highest BCUT2D eigenvalue weighted by atomic mass is 16.7. The number of carbonyl (C=O) groups is 3. The summed E-state index contributed by atoms with van der Waals surface area (Å²) in [6, 6.07) is -2.97. The van der Waals surface area contributed by atoms with Crippen LogP contribution in [0.15, 0.2) is 11.8 Å². The summed E-state index contributed by atoms with van der Waals surface area (Å²) in [6.45, 7) is 5.48. The molecule has 0 aromatic heterocycles. The molecule has 3 amide bonds. The largest absolute Gasteiger partial charge is 0.465 e. The molecule has 0 aromatic rings. The molecule has 2 heterocycles. The van der Waals surface area contributed by atoms with E-state index < -0.39 is 66.8 Å². The zero-order valence-electron chi connectivity index (χ0n) is 23.5. The van der Waals surface area contributed by atoms with Crippen molar-refractivity contribution >= 4 is 17.7 Å². The average molecular weight is 574 g/mol. The van der Waals surface area contributed by atoms with Gasteiger partial charge in [0.05, 0.1) is 31.3 Å². The number of hydrogen-bond acceptors (Lipinski definition) is 12. The van der Waals surface area contributed by atoms with E-state index in [0.29, 0.717) is 12.2 Å². The van der Waals surface area contributed by atoms with Gasteiger partial charge in [0, 0.05) is 26.8 Å². The van der Waals surface area contributed by atoms with Gasteiger partial charge in [-0.1, -0.05) is 0 Å². The third-order valence-corrected chi connectivity index (χ3v) is 7.23. The summed E-state index contributed by atoms with van der Waals surface area (Å²) in [6.07, 6.45) is -5.10. The van der Waals surface area contributed by atoms with Crippen molar-refractivity contribution in [3.05, 3.63) is 11.8 Å². The van der Waals surface area contributed by atoms with Gasteiger partial charge in [0.1, 0.15) is 35.8 Å². The molecule has 0 bridgehead atoms. The molecule has 1 aliphatic carbocycles. The van der Waals surface area contributed by atoms with Crippen molar-refractivity contribution in [1.82, 2.24) is 21.3 Å². The van der Waals surface area contributed by atoms with E-state index in [1.807, 2.05) is 0 Å². The first-order valence-corrected chi connectivity index (χ1v) is 13.3. The van der Waals surface area contributed by atoms with Crippen LogP contribution in [0, 0.1) is 0 Å². The number of nitrogens with two attached hydrogens (primary N) is 1. The molecule has 0 radical (unpaired) electrons. The number of rotatable bonds is 9. The molecule has 2 aliphatic heterocycles. The lowest BCUT2D eigenvalue weighted by Gasteiger charge is -2.48. The number of likely N-dealkylation sites (N-methyl/N-ethyl adjacent to an activating group) is 1. The molecule has 228 valence electrons. The second kappa shape index (κ2) is 13.5. The number of carbonyl (C=O) groups excluding carboxylic acids is 3. The molecule has 1 saturated carbocycles. The zero-order chi connectivity index (χ0) is 29.8. The molecule has 40 heavy (non-hydrogen) atoms. The number of ether oxygens (including phenoxy) is 4. The van der Waals surface area contributed by atoms with E-state index in [2.05, 4.69) is 21.3 Å². The first-order chi connectivity index (χ1) is 18.7. The topological polar surface area (TPSA) is 223 Å². The number of amides is 3. The number of nitrogens with one attached hydrogen (secondary N) is 4. The predicted molar refractivity (Wildman–Crippen MR) is 139 cm³/mol. The summed E-state index contributed by atoms with van der Waals surface area (Å²) in [5, 5.41) is 43.9. The van der Waals surface area contributed by atoms with Crippen molar-refractivity contribution in [3.8, 4) is 0 Å². The van der Waals surface area contributed by atoms with Gasteiger partial charge < -0.3 is 61.3 Å². The van der Waals surface area contributed by atoms with Crippen LogP contribution in [0.3, 0.4) is 0 Å². The van der Waals surface area contributed by atoms with E-state index in [-0.39, 0.29) is 37.3 Å². The van der Waals surface area contributed by atoms with Crippen LogP contribution < -0.4 is 27.0 Å². The van der Waals surface area contributed by atoms with Gasteiger partial charge in [0.25, 0.3) is 0 Å². The van der Waals surface area contributed by atoms with Crippen molar-refractivity contribution in [3.63, 3.8) is 0 Å². The summed E-state index contributed by atoms with van der Waals surface area (Å²) in [5.74, 6) is -0.547. The Morgan fingerprint density at radius 2 is 1.65 bits per heavy atom. The van der Waals surface area contributed by atoms with Crippen molar-refractivity contribution < 1.29 is 48.7 Å². The normalized spacial score (nSPS) is 39.9. The molecule has 15 nitrogen and oxygen atoms in total. The Hall–Kier alpha value is -2.37. The van der Waals surface area contributed by atoms with Crippen LogP contribution >= 0.6 is 0 Å². The summed E-state index contributed by atoms with van der Waals surface area (Å²) in [4.78, 5) is 35.2. The number of aliphatic hydroxyl groups excluding tert-OH is 2. The van der Waals surface area contributed by atoms with E-state index >= 15 is 0 Å². The van der Waals surface area contributed by atoms with Crippen molar-refractivity contribution in [2.45, 2.75) is 107 Å². The Bertz CT molecular complexity index is 949. The van der Waals surface area contributed by atoms with Crippen molar-refractivity contribution in [1.29, 1.82) is 0 Å². The molecule has 0 aromatic carbocycles. The van der Waals surface area contributed by atoms with Crippen molar-refractivity contribution in [2.75, 3.05) is 20.2 Å². The minimum atomic E-state index is -1.43. The Morgan fingerprint density at radius 3 is 2.25 bits per heavy atom. The maximum absolute atomic E-state index is 12.0. The highest BCUT2D eigenvalue weighted by Gasteiger charge is 2.51. The van der Waals surface area contributed by atoms with E-state index in [4.69, 9.17) is 24.7 Å². The smallest absolute Gasteiger partial charge is 0.220 e. The molecule has 3 rings (SSSR count). The highest BCUT2D eigenvalue weighted by molar-refractivity contribution is 5.74. The van der Waals surface area contributed by atoms with Gasteiger partial charge in [-0.3, -0.25) is 14.4 Å². The van der Waals surface area contributed by atoms with Gasteiger partial charge in [-0.25, -0.2) is 0 Å². The van der Waals surface area contributed by atoms with Gasteiger partial charge in [0.2, 0.25) is 24.0 Å². The zero-order valence-corrected chi connectivity index (χ0v) is 23.5. The van der Waals surface area contributed by atoms with Crippen LogP contribution in [-0.2, 0) is 33.3 Å². The quantitative estimate of drug-likeness (QED) is 0.136. The fraction of sp³-hybridized carbons (Fsp3) is 0.800. The van der Waals surface area contributed by atoms with E-state index in [1.54, 1.807) is 13.1 Å². The third-order valence-electron chi connectivity index (χ3n) is 7.23. The van der Waals surface area contributed by atoms with E-state index in [1.165, 1.54) is 27.7 Å². The van der Waals surface area contributed by atoms with E-state index in [0.717, 1.165) is 0 Å². The SMILES string of the molecule is CN[C@@H]1[C@@H](O)[C@@H](O[C@@H]2[C@@H](O)[C@H](O[C@H]3OC(CNC(C)=O)=CC[C@H]3NC(C)=O)[C@@H](N)C[C@H]2NC(C)=O)OC[C@]1(C)O. The summed E-state index contributed by atoms with van der Waals surface area (Å²) < 4.78 is 23.7. The van der Waals surface area contributed by atoms with Gasteiger partial charge in [-0.05, 0) is 32.9 Å². The second-order valence-corrected chi connectivity index (χ2v) is 10.8. The van der Waals surface area contributed by atoms with Gasteiger partial charge in [-0.15, -0.1) is 0 Å². The van der Waals surface area contributed by atoms with Crippen molar-refractivity contribution in [2.24, 2.45) is 5.73 Å². The predicted octanol–water partition coefficient (Wildman–Crippen LogP) is -3.32. The average Bonchev–Trinajstić information content (AvgIpc) is 2.84. The number of aliphatic hydroxyl groups is 3. The van der Waals surface area contributed by atoms with Crippen LogP contribution in [0.1, 0.15) is 40.5 Å². The Labute approximate surface area is 233 Å². The molecule has 2 fully saturated rings. The monoisotopic (exact) mass is 573 g/mol. The molecule has 9 N–H and O–H groups in total. The van der Waals surface area contributed by atoms with Crippen LogP contribution in [0.5, 0.6) is 0 Å². The lowest BCUT2D eigenvalue weighted by Crippen LogP contribution is -2.69. The molecule has 11 atom stereocenters. The minimum Gasteiger partial charge on any atom is -0.465 e. The minimum absolute atomic E-state index is 0.102. The van der Waals surface area contributed by atoms with Crippen LogP contribution in [-0.4, -0.2) is 120 Å². The fourth-order valence-electron chi connectivity index (χ4n) is 5.36. The first-order valence-electron chi connectivity index (χ1n) is 13.3. The van der Waals surface area contributed by atoms with E-state index in [9.17, 15) is 29.7 Å². The van der Waals surface area contributed by atoms with Gasteiger partial charge in [0.15, 0.2) is 6.29 Å².